The van der Waals surface area contributed by atoms with Gasteiger partial charge in [-0.25, -0.2) is 0 Å². The number of aromatic nitrogens is 4. The van der Waals surface area contributed by atoms with Crippen molar-refractivity contribution in [2.75, 3.05) is 18.4 Å². The topological polar surface area (TPSA) is 106 Å². The molecule has 2 rings (SSSR count). The maximum atomic E-state index is 11.8. The summed E-state index contributed by atoms with van der Waals surface area (Å²) in [6, 6.07) is 3.34. The molecule has 8 heteroatoms. The van der Waals surface area contributed by atoms with Gasteiger partial charge in [0, 0.05) is 19.5 Å². The summed E-state index contributed by atoms with van der Waals surface area (Å²) in [5.41, 5.74) is 0.272. The maximum Gasteiger partial charge on any atom is 0.271 e. The van der Waals surface area contributed by atoms with Crippen LogP contribution in [-0.2, 0) is 6.42 Å². The van der Waals surface area contributed by atoms with Gasteiger partial charge < -0.3 is 15.2 Å². The SMILES string of the molecule is CCNc1ccc(C(=O)NCCc2nc(C)no2)nn1. The Kier molecular flexibility index (Phi) is 4.59. The van der Waals surface area contributed by atoms with Crippen LogP contribution in [0.5, 0.6) is 0 Å². The highest BCUT2D eigenvalue weighted by atomic mass is 16.5. The Balaban J connectivity index is 1.82. The van der Waals surface area contributed by atoms with Crippen LogP contribution in [0.4, 0.5) is 5.82 Å². The van der Waals surface area contributed by atoms with Gasteiger partial charge in [0.1, 0.15) is 5.82 Å². The summed E-state index contributed by atoms with van der Waals surface area (Å²) in [7, 11) is 0. The van der Waals surface area contributed by atoms with E-state index in [2.05, 4.69) is 31.0 Å². The standard InChI is InChI=1S/C12H16N6O2/c1-3-13-10-5-4-9(16-17-10)12(19)14-7-6-11-15-8(2)18-20-11/h4-5H,3,6-7H2,1-2H3,(H,13,17)(H,14,19). The molecule has 0 unspecified atom stereocenters. The minimum absolute atomic E-state index is 0.272. The molecule has 0 aliphatic heterocycles. The predicted molar refractivity (Wildman–Crippen MR) is 71.3 cm³/mol. The number of hydrogen-bond donors (Lipinski definition) is 2. The quantitative estimate of drug-likeness (QED) is 0.794. The summed E-state index contributed by atoms with van der Waals surface area (Å²) in [5.74, 6) is 1.44. The fraction of sp³-hybridized carbons (Fsp3) is 0.417. The first-order valence-corrected chi connectivity index (χ1v) is 6.34. The van der Waals surface area contributed by atoms with Crippen molar-refractivity contribution in [3.8, 4) is 0 Å². The number of hydrogen-bond acceptors (Lipinski definition) is 7. The van der Waals surface area contributed by atoms with Gasteiger partial charge in [-0.1, -0.05) is 5.16 Å². The first kappa shape index (κ1) is 13.9. The van der Waals surface area contributed by atoms with Gasteiger partial charge in [0.05, 0.1) is 0 Å². The molecule has 0 saturated carbocycles. The van der Waals surface area contributed by atoms with Gasteiger partial charge in [0.25, 0.3) is 5.91 Å². The molecule has 0 aliphatic rings. The highest BCUT2D eigenvalue weighted by Crippen LogP contribution is 2.01. The molecule has 2 aromatic rings. The van der Waals surface area contributed by atoms with E-state index in [0.717, 1.165) is 6.54 Å². The third kappa shape index (κ3) is 3.74. The molecule has 0 bridgehead atoms. The Morgan fingerprint density at radius 1 is 1.35 bits per heavy atom. The number of nitrogens with zero attached hydrogens (tertiary/aromatic N) is 4. The van der Waals surface area contributed by atoms with E-state index >= 15 is 0 Å². The number of carbonyl (C=O) groups is 1. The molecule has 0 fully saturated rings. The molecule has 0 saturated heterocycles. The van der Waals surface area contributed by atoms with Crippen molar-refractivity contribution in [1.82, 2.24) is 25.7 Å². The van der Waals surface area contributed by atoms with Crippen LogP contribution in [0.25, 0.3) is 0 Å². The average molecular weight is 276 g/mol. The number of rotatable bonds is 6. The van der Waals surface area contributed by atoms with Gasteiger partial charge in [-0.3, -0.25) is 4.79 Å². The van der Waals surface area contributed by atoms with Crippen LogP contribution in [0, 0.1) is 6.92 Å². The predicted octanol–water partition coefficient (Wildman–Crippen LogP) is 0.572. The van der Waals surface area contributed by atoms with Gasteiger partial charge in [0.2, 0.25) is 5.89 Å². The lowest BCUT2D eigenvalue weighted by Gasteiger charge is -2.04. The lowest BCUT2D eigenvalue weighted by Crippen LogP contribution is -2.27. The number of aryl methyl sites for hydroxylation is 1. The zero-order chi connectivity index (χ0) is 14.4. The van der Waals surface area contributed by atoms with Crippen LogP contribution in [0.15, 0.2) is 16.7 Å². The number of nitrogens with one attached hydrogen (secondary N) is 2. The van der Waals surface area contributed by atoms with E-state index < -0.39 is 0 Å². The van der Waals surface area contributed by atoms with E-state index in [4.69, 9.17) is 4.52 Å². The molecule has 0 spiro atoms. The van der Waals surface area contributed by atoms with Crippen molar-refractivity contribution in [3.63, 3.8) is 0 Å². The van der Waals surface area contributed by atoms with Gasteiger partial charge >= 0.3 is 0 Å². The van der Waals surface area contributed by atoms with Gasteiger partial charge in [-0.15, -0.1) is 10.2 Å². The summed E-state index contributed by atoms with van der Waals surface area (Å²) < 4.78 is 4.95. The van der Waals surface area contributed by atoms with Gasteiger partial charge in [-0.2, -0.15) is 4.98 Å². The van der Waals surface area contributed by atoms with Crippen LogP contribution in [-0.4, -0.2) is 39.3 Å². The summed E-state index contributed by atoms with van der Waals surface area (Å²) in [6.45, 7) is 4.86. The molecule has 8 nitrogen and oxygen atoms in total. The Morgan fingerprint density at radius 2 is 2.20 bits per heavy atom. The third-order valence-corrected chi connectivity index (χ3v) is 2.45. The van der Waals surface area contributed by atoms with E-state index in [1.54, 1.807) is 19.1 Å². The molecule has 106 valence electrons. The molecule has 0 aliphatic carbocycles. The first-order valence-electron chi connectivity index (χ1n) is 6.34. The second-order valence-electron chi connectivity index (χ2n) is 4.08. The normalized spacial score (nSPS) is 10.3. The zero-order valence-electron chi connectivity index (χ0n) is 11.4. The zero-order valence-corrected chi connectivity index (χ0v) is 11.4. The lowest BCUT2D eigenvalue weighted by molar-refractivity contribution is 0.0947. The fourth-order valence-corrected chi connectivity index (χ4v) is 1.54. The van der Waals surface area contributed by atoms with Gasteiger partial charge in [-0.05, 0) is 26.0 Å². The number of anilines is 1. The van der Waals surface area contributed by atoms with Gasteiger partial charge in [0.15, 0.2) is 11.5 Å². The van der Waals surface area contributed by atoms with Crippen LogP contribution in [0.2, 0.25) is 0 Å². The van der Waals surface area contributed by atoms with Crippen LogP contribution < -0.4 is 10.6 Å². The highest BCUT2D eigenvalue weighted by molar-refractivity contribution is 5.92. The Morgan fingerprint density at radius 3 is 2.80 bits per heavy atom. The molecule has 2 N–H and O–H groups in total. The van der Waals surface area contributed by atoms with E-state index in [1.165, 1.54) is 0 Å². The Hall–Kier alpha value is -2.51. The van der Waals surface area contributed by atoms with Crippen molar-refractivity contribution < 1.29 is 9.32 Å². The lowest BCUT2D eigenvalue weighted by atomic mass is 10.3. The minimum atomic E-state index is -0.281. The van der Waals surface area contributed by atoms with Crippen LogP contribution in [0.1, 0.15) is 29.1 Å². The Bertz CT molecular complexity index is 566. The summed E-state index contributed by atoms with van der Waals surface area (Å²) in [6.07, 6.45) is 0.482. The van der Waals surface area contributed by atoms with Crippen LogP contribution in [0.3, 0.4) is 0 Å². The first-order chi connectivity index (χ1) is 9.69. The van der Waals surface area contributed by atoms with E-state index in [9.17, 15) is 4.79 Å². The van der Waals surface area contributed by atoms with Crippen molar-refractivity contribution in [2.24, 2.45) is 0 Å². The van der Waals surface area contributed by atoms with Crippen molar-refractivity contribution in [2.45, 2.75) is 20.3 Å². The molecular formula is C12H16N6O2. The Labute approximate surface area is 116 Å². The average Bonchev–Trinajstić information content (AvgIpc) is 2.85. The molecule has 0 aromatic carbocycles. The van der Waals surface area contributed by atoms with Crippen molar-refractivity contribution >= 4 is 11.7 Å². The summed E-state index contributed by atoms with van der Waals surface area (Å²) in [5, 5.41) is 17.1. The monoisotopic (exact) mass is 276 g/mol. The fourth-order valence-electron chi connectivity index (χ4n) is 1.54. The smallest absolute Gasteiger partial charge is 0.271 e. The number of carbonyl (C=O) groups excluding carboxylic acids is 1. The maximum absolute atomic E-state index is 11.8. The second-order valence-corrected chi connectivity index (χ2v) is 4.08. The molecule has 2 heterocycles. The van der Waals surface area contributed by atoms with E-state index in [1.807, 2.05) is 6.92 Å². The summed E-state index contributed by atoms with van der Waals surface area (Å²) >= 11 is 0. The minimum Gasteiger partial charge on any atom is -0.369 e. The highest BCUT2D eigenvalue weighted by Gasteiger charge is 2.09. The van der Waals surface area contributed by atoms with Crippen LogP contribution >= 0.6 is 0 Å². The largest absolute Gasteiger partial charge is 0.369 e. The summed E-state index contributed by atoms with van der Waals surface area (Å²) in [4.78, 5) is 15.9. The second kappa shape index (κ2) is 6.60. The van der Waals surface area contributed by atoms with E-state index in [0.29, 0.717) is 30.5 Å². The van der Waals surface area contributed by atoms with E-state index in [-0.39, 0.29) is 11.6 Å². The molecule has 20 heavy (non-hydrogen) atoms. The number of amides is 1. The van der Waals surface area contributed by atoms with Crippen molar-refractivity contribution in [1.29, 1.82) is 0 Å². The molecular weight excluding hydrogens is 260 g/mol. The molecule has 2 aromatic heterocycles. The molecule has 0 atom stereocenters. The third-order valence-electron chi connectivity index (χ3n) is 2.45. The molecule has 0 radical (unpaired) electrons. The molecule has 1 amide bonds. The van der Waals surface area contributed by atoms with Crippen molar-refractivity contribution in [3.05, 3.63) is 29.5 Å².